The van der Waals surface area contributed by atoms with Gasteiger partial charge in [-0.05, 0) is 13.3 Å². The molecule has 20 heavy (non-hydrogen) atoms. The van der Waals surface area contributed by atoms with Crippen LogP contribution in [-0.4, -0.2) is 40.0 Å². The standard InChI is InChI=1S/C12H11Cl3N2O3/c1-12(11(19)20)2-3-17(5-12)10(18)9-8(15)7(14)6(13)4-16-9/h4H,2-3,5H2,1H3,(H,19,20). The lowest BCUT2D eigenvalue weighted by molar-refractivity contribution is -0.147. The molecule has 0 saturated carbocycles. The zero-order chi connectivity index (χ0) is 15.1. The van der Waals surface area contributed by atoms with Crippen LogP contribution in [0, 0.1) is 5.41 Å². The highest BCUT2D eigenvalue weighted by Gasteiger charge is 2.42. The van der Waals surface area contributed by atoms with Gasteiger partial charge in [-0.25, -0.2) is 4.98 Å². The maximum Gasteiger partial charge on any atom is 0.311 e. The van der Waals surface area contributed by atoms with E-state index in [9.17, 15) is 9.59 Å². The van der Waals surface area contributed by atoms with Crippen molar-refractivity contribution in [2.45, 2.75) is 13.3 Å². The second-order valence-electron chi connectivity index (χ2n) is 4.93. The Balaban J connectivity index is 2.26. The molecular formula is C12H11Cl3N2O3. The SMILES string of the molecule is CC1(C(=O)O)CCN(C(=O)c2ncc(Cl)c(Cl)c2Cl)C1. The zero-order valence-electron chi connectivity index (χ0n) is 10.5. The van der Waals surface area contributed by atoms with Crippen LogP contribution >= 0.6 is 34.8 Å². The summed E-state index contributed by atoms with van der Waals surface area (Å²) in [6, 6.07) is 0. The summed E-state index contributed by atoms with van der Waals surface area (Å²) in [6.07, 6.45) is 1.63. The first-order chi connectivity index (χ1) is 9.26. The third-order valence-electron chi connectivity index (χ3n) is 3.40. The molecule has 0 aliphatic carbocycles. The number of aliphatic carboxylic acids is 1. The van der Waals surface area contributed by atoms with Crippen molar-refractivity contribution in [2.75, 3.05) is 13.1 Å². The molecule has 1 unspecified atom stereocenters. The average Bonchev–Trinajstić information content (AvgIpc) is 2.80. The number of hydrogen-bond acceptors (Lipinski definition) is 3. The molecule has 1 saturated heterocycles. The Hall–Kier alpha value is -1.04. The topological polar surface area (TPSA) is 70.5 Å². The predicted molar refractivity (Wildman–Crippen MR) is 75.5 cm³/mol. The summed E-state index contributed by atoms with van der Waals surface area (Å²) in [6.45, 7) is 2.05. The van der Waals surface area contributed by atoms with Crippen LogP contribution < -0.4 is 0 Å². The van der Waals surface area contributed by atoms with Gasteiger partial charge in [0.15, 0.2) is 0 Å². The summed E-state index contributed by atoms with van der Waals surface area (Å²) < 4.78 is 0. The van der Waals surface area contributed by atoms with Crippen molar-refractivity contribution in [3.8, 4) is 0 Å². The number of halogens is 3. The molecule has 0 spiro atoms. The maximum atomic E-state index is 12.3. The molecule has 1 aromatic heterocycles. The van der Waals surface area contributed by atoms with E-state index in [4.69, 9.17) is 39.9 Å². The van der Waals surface area contributed by atoms with E-state index in [2.05, 4.69) is 4.98 Å². The molecular weight excluding hydrogens is 327 g/mol. The van der Waals surface area contributed by atoms with E-state index in [1.165, 1.54) is 11.1 Å². The smallest absolute Gasteiger partial charge is 0.311 e. The maximum absolute atomic E-state index is 12.3. The zero-order valence-corrected chi connectivity index (χ0v) is 12.8. The van der Waals surface area contributed by atoms with Crippen molar-refractivity contribution in [3.05, 3.63) is 27.0 Å². The molecule has 1 amide bonds. The van der Waals surface area contributed by atoms with Gasteiger partial charge in [-0.3, -0.25) is 9.59 Å². The van der Waals surface area contributed by atoms with Gasteiger partial charge in [0.1, 0.15) is 5.69 Å². The Kier molecular flexibility index (Phi) is 4.14. The Morgan fingerprint density at radius 3 is 2.55 bits per heavy atom. The van der Waals surface area contributed by atoms with Crippen LogP contribution in [0.3, 0.4) is 0 Å². The van der Waals surface area contributed by atoms with Crippen LogP contribution in [0.25, 0.3) is 0 Å². The van der Waals surface area contributed by atoms with Crippen molar-refractivity contribution < 1.29 is 14.7 Å². The van der Waals surface area contributed by atoms with Gasteiger partial charge in [-0.15, -0.1) is 0 Å². The largest absolute Gasteiger partial charge is 0.481 e. The first-order valence-electron chi connectivity index (χ1n) is 5.78. The van der Waals surface area contributed by atoms with E-state index in [-0.39, 0.29) is 27.3 Å². The van der Waals surface area contributed by atoms with E-state index in [0.29, 0.717) is 13.0 Å². The van der Waals surface area contributed by atoms with E-state index < -0.39 is 17.3 Å². The molecule has 1 aliphatic rings. The number of carboxylic acids is 1. The number of pyridine rings is 1. The van der Waals surface area contributed by atoms with Gasteiger partial charge >= 0.3 is 5.97 Å². The first-order valence-corrected chi connectivity index (χ1v) is 6.92. The fourth-order valence-electron chi connectivity index (χ4n) is 2.05. The summed E-state index contributed by atoms with van der Waals surface area (Å²) in [5, 5.41) is 9.36. The highest BCUT2D eigenvalue weighted by Crippen LogP contribution is 2.34. The number of carbonyl (C=O) groups excluding carboxylic acids is 1. The lowest BCUT2D eigenvalue weighted by atomic mass is 9.90. The molecule has 2 rings (SSSR count). The minimum Gasteiger partial charge on any atom is -0.481 e. The first kappa shape index (κ1) is 15.4. The molecule has 1 aliphatic heterocycles. The highest BCUT2D eigenvalue weighted by atomic mass is 35.5. The van der Waals surface area contributed by atoms with E-state index >= 15 is 0 Å². The lowest BCUT2D eigenvalue weighted by Crippen LogP contribution is -2.35. The number of carbonyl (C=O) groups is 2. The van der Waals surface area contributed by atoms with E-state index in [1.807, 2.05) is 0 Å². The molecule has 1 atom stereocenters. The van der Waals surface area contributed by atoms with Crippen LogP contribution in [-0.2, 0) is 4.79 Å². The second kappa shape index (κ2) is 5.39. The van der Waals surface area contributed by atoms with Gasteiger partial charge < -0.3 is 10.0 Å². The van der Waals surface area contributed by atoms with Crippen LogP contribution in [0.2, 0.25) is 15.1 Å². The Bertz CT molecular complexity index is 594. The number of likely N-dealkylation sites (tertiary alicyclic amines) is 1. The predicted octanol–water partition coefficient (Wildman–Crippen LogP) is 2.98. The highest BCUT2D eigenvalue weighted by molar-refractivity contribution is 6.48. The fraction of sp³-hybridized carbons (Fsp3) is 0.417. The van der Waals surface area contributed by atoms with Gasteiger partial charge in [0, 0.05) is 19.3 Å². The van der Waals surface area contributed by atoms with Crippen molar-refractivity contribution in [2.24, 2.45) is 5.41 Å². The lowest BCUT2D eigenvalue weighted by Gasteiger charge is -2.20. The molecule has 0 bridgehead atoms. The molecule has 108 valence electrons. The minimum absolute atomic E-state index is 0.0179. The van der Waals surface area contributed by atoms with Crippen molar-refractivity contribution in [1.82, 2.24) is 9.88 Å². The van der Waals surface area contributed by atoms with Crippen LogP contribution in [0.1, 0.15) is 23.8 Å². The average molecular weight is 338 g/mol. The van der Waals surface area contributed by atoms with E-state index in [1.54, 1.807) is 6.92 Å². The number of nitrogens with zero attached hydrogens (tertiary/aromatic N) is 2. The third-order valence-corrected chi connectivity index (χ3v) is 4.64. The third kappa shape index (κ3) is 2.57. The molecule has 8 heteroatoms. The van der Waals surface area contributed by atoms with Gasteiger partial charge in [0.25, 0.3) is 5.91 Å². The fourth-order valence-corrected chi connectivity index (χ4v) is 2.61. The molecule has 5 nitrogen and oxygen atoms in total. The van der Waals surface area contributed by atoms with Gasteiger partial charge in [-0.1, -0.05) is 34.8 Å². The van der Waals surface area contributed by atoms with Crippen molar-refractivity contribution in [1.29, 1.82) is 0 Å². The summed E-state index contributed by atoms with van der Waals surface area (Å²) >= 11 is 17.6. The summed E-state index contributed by atoms with van der Waals surface area (Å²) in [5.74, 6) is -1.38. The molecule has 0 aromatic carbocycles. The summed E-state index contributed by atoms with van der Waals surface area (Å²) in [5.41, 5.74) is -0.964. The minimum atomic E-state index is -0.946. The van der Waals surface area contributed by atoms with Gasteiger partial charge in [0.2, 0.25) is 0 Å². The van der Waals surface area contributed by atoms with Crippen LogP contribution in [0.4, 0.5) is 0 Å². The Morgan fingerprint density at radius 1 is 1.35 bits per heavy atom. The van der Waals surface area contributed by atoms with Crippen LogP contribution in [0.5, 0.6) is 0 Å². The number of amides is 1. The number of carboxylic acid groups (broad SMARTS) is 1. The Morgan fingerprint density at radius 2 is 2.00 bits per heavy atom. The van der Waals surface area contributed by atoms with Gasteiger partial charge in [-0.2, -0.15) is 0 Å². The normalized spacial score (nSPS) is 22.1. The summed E-state index contributed by atoms with van der Waals surface area (Å²) in [4.78, 5) is 28.8. The van der Waals surface area contributed by atoms with E-state index in [0.717, 1.165) is 0 Å². The molecule has 2 heterocycles. The number of hydrogen-bond donors (Lipinski definition) is 1. The number of rotatable bonds is 2. The summed E-state index contributed by atoms with van der Waals surface area (Å²) in [7, 11) is 0. The van der Waals surface area contributed by atoms with Crippen LogP contribution in [0.15, 0.2) is 6.20 Å². The monoisotopic (exact) mass is 336 g/mol. The van der Waals surface area contributed by atoms with Crippen molar-refractivity contribution in [3.63, 3.8) is 0 Å². The second-order valence-corrected chi connectivity index (χ2v) is 6.09. The molecule has 0 radical (unpaired) electrons. The Labute approximate surface area is 130 Å². The van der Waals surface area contributed by atoms with Crippen molar-refractivity contribution >= 4 is 46.7 Å². The molecule has 1 fully saturated rings. The van der Waals surface area contributed by atoms with Gasteiger partial charge in [0.05, 0.1) is 20.5 Å². The molecule has 1 N–H and O–H groups in total. The number of aromatic nitrogens is 1. The quantitative estimate of drug-likeness (QED) is 0.900. The molecule has 1 aromatic rings.